The maximum Gasteiger partial charge on any atom is 0.314 e. The molecule has 0 saturated heterocycles. The van der Waals surface area contributed by atoms with Gasteiger partial charge in [0.05, 0.1) is 38.6 Å². The Morgan fingerprint density at radius 1 is 0.697 bits per heavy atom. The van der Waals surface area contributed by atoms with Gasteiger partial charge in [-0.2, -0.15) is 0 Å². The van der Waals surface area contributed by atoms with Gasteiger partial charge in [-0.3, -0.25) is 9.59 Å². The van der Waals surface area contributed by atoms with Crippen LogP contribution in [0.3, 0.4) is 0 Å². The topological polar surface area (TPSA) is 112 Å². The lowest BCUT2D eigenvalue weighted by molar-refractivity contribution is -0.181. The lowest BCUT2D eigenvalue weighted by atomic mass is 9.74. The average molecular weight is 477 g/mol. The van der Waals surface area contributed by atoms with Crippen molar-refractivity contribution >= 4 is 11.9 Å². The molecule has 2 unspecified atom stereocenters. The Morgan fingerprint density at radius 3 is 1.52 bits per heavy atom. The molecule has 0 aliphatic heterocycles. The van der Waals surface area contributed by atoms with Gasteiger partial charge in [-0.25, -0.2) is 0 Å². The van der Waals surface area contributed by atoms with Gasteiger partial charge in [0.15, 0.2) is 0 Å². The van der Waals surface area contributed by atoms with Gasteiger partial charge in [0.25, 0.3) is 0 Å². The number of ether oxygens (including phenoxy) is 4. The third-order valence-corrected chi connectivity index (χ3v) is 6.08. The maximum atomic E-state index is 12.4. The van der Waals surface area contributed by atoms with Crippen LogP contribution in [-0.2, 0) is 28.5 Å². The Balaban J connectivity index is 4.72. The van der Waals surface area contributed by atoms with E-state index in [1.165, 1.54) is 25.7 Å². The molecular formula is C25H48O8. The van der Waals surface area contributed by atoms with Gasteiger partial charge in [-0.15, -0.1) is 0 Å². The summed E-state index contributed by atoms with van der Waals surface area (Å²) in [5.41, 5.74) is -1.49. The second-order valence-corrected chi connectivity index (χ2v) is 8.61. The van der Waals surface area contributed by atoms with Crippen molar-refractivity contribution in [2.75, 3.05) is 39.6 Å². The van der Waals surface area contributed by atoms with Crippen LogP contribution in [0.1, 0.15) is 91.9 Å². The van der Waals surface area contributed by atoms with E-state index in [2.05, 4.69) is 13.8 Å². The number of unbranched alkanes of at least 4 members (excludes halogenated alkanes) is 6. The minimum atomic E-state index is -1.49. The Morgan fingerprint density at radius 2 is 1.15 bits per heavy atom. The highest BCUT2D eigenvalue weighted by atomic mass is 16.5. The van der Waals surface area contributed by atoms with Crippen LogP contribution >= 0.6 is 0 Å². The Kier molecular flexibility index (Phi) is 19.4. The summed E-state index contributed by atoms with van der Waals surface area (Å²) < 4.78 is 22.8. The molecule has 0 amide bonds. The highest BCUT2D eigenvalue weighted by Gasteiger charge is 2.50. The maximum absolute atomic E-state index is 12.4. The molecule has 0 aliphatic rings. The van der Waals surface area contributed by atoms with E-state index < -0.39 is 29.6 Å². The molecule has 0 aromatic rings. The van der Waals surface area contributed by atoms with Crippen LogP contribution < -0.4 is 0 Å². The van der Waals surface area contributed by atoms with E-state index in [4.69, 9.17) is 18.9 Å². The predicted octanol–water partition coefficient (Wildman–Crippen LogP) is 4.93. The average Bonchev–Trinajstić information content (AvgIpc) is 2.77. The molecule has 0 bridgehead atoms. The first kappa shape index (κ1) is 31.8. The van der Waals surface area contributed by atoms with Crippen molar-refractivity contribution in [1.29, 1.82) is 0 Å². The summed E-state index contributed by atoms with van der Waals surface area (Å²) in [6.07, 6.45) is 7.08. The number of carbonyl (C=O) groups is 2. The van der Waals surface area contributed by atoms with Gasteiger partial charge in [-0.1, -0.05) is 52.4 Å². The van der Waals surface area contributed by atoms with Crippen molar-refractivity contribution in [3.8, 4) is 0 Å². The number of carboxylic acid groups (broad SMARTS) is 2. The Hall–Kier alpha value is -1.22. The van der Waals surface area contributed by atoms with Crippen molar-refractivity contribution in [2.24, 2.45) is 5.41 Å². The molecule has 8 heteroatoms. The molecule has 0 aliphatic carbocycles. The van der Waals surface area contributed by atoms with Gasteiger partial charge in [0.1, 0.15) is 5.41 Å². The lowest BCUT2D eigenvalue weighted by Gasteiger charge is -2.39. The summed E-state index contributed by atoms with van der Waals surface area (Å²) >= 11 is 0. The number of aliphatic carboxylic acids is 2. The fraction of sp³-hybridized carbons (Fsp3) is 0.920. The second-order valence-electron chi connectivity index (χ2n) is 8.61. The molecule has 0 spiro atoms. The monoisotopic (exact) mass is 476 g/mol. The number of hydrogen-bond donors (Lipinski definition) is 2. The number of hydrogen-bond acceptors (Lipinski definition) is 6. The molecule has 0 rings (SSSR count). The SMILES string of the molecule is CCCCCCOCCOC(C)C(CCC(=O)O)(C(=O)O)C(C)OCCOCCCCCC. The van der Waals surface area contributed by atoms with E-state index >= 15 is 0 Å². The standard InChI is InChI=1S/C25H48O8/c1-5-7-9-11-15-30-17-19-32-21(3)25(24(28)29,14-13-23(26)27)22(4)33-20-18-31-16-12-10-8-6-2/h21-22H,5-20H2,1-4H3,(H,26,27)(H,28,29). The molecule has 0 aromatic heterocycles. The first-order chi connectivity index (χ1) is 15.8. The largest absolute Gasteiger partial charge is 0.481 e. The minimum Gasteiger partial charge on any atom is -0.481 e. The fourth-order valence-corrected chi connectivity index (χ4v) is 3.84. The van der Waals surface area contributed by atoms with E-state index in [0.29, 0.717) is 26.4 Å². The first-order valence-corrected chi connectivity index (χ1v) is 12.7. The third-order valence-electron chi connectivity index (χ3n) is 6.08. The van der Waals surface area contributed by atoms with E-state index in [9.17, 15) is 19.8 Å². The van der Waals surface area contributed by atoms with E-state index in [-0.39, 0.29) is 26.1 Å². The molecule has 0 saturated carbocycles. The zero-order chi connectivity index (χ0) is 25.0. The fourth-order valence-electron chi connectivity index (χ4n) is 3.84. The van der Waals surface area contributed by atoms with Gasteiger partial charge >= 0.3 is 11.9 Å². The minimum absolute atomic E-state index is 0.0875. The van der Waals surface area contributed by atoms with Crippen molar-refractivity contribution in [1.82, 2.24) is 0 Å². The van der Waals surface area contributed by atoms with Crippen LogP contribution in [0.25, 0.3) is 0 Å². The molecule has 0 fully saturated rings. The van der Waals surface area contributed by atoms with Crippen molar-refractivity contribution in [3.63, 3.8) is 0 Å². The van der Waals surface area contributed by atoms with Crippen LogP contribution in [0.4, 0.5) is 0 Å². The molecule has 2 N–H and O–H groups in total. The zero-order valence-corrected chi connectivity index (χ0v) is 21.3. The van der Waals surface area contributed by atoms with Crippen LogP contribution in [0.2, 0.25) is 0 Å². The van der Waals surface area contributed by atoms with Crippen LogP contribution in [-0.4, -0.2) is 74.0 Å². The molecule has 0 heterocycles. The molecule has 196 valence electrons. The van der Waals surface area contributed by atoms with Crippen molar-refractivity contribution in [2.45, 2.75) is 104 Å². The number of rotatable bonds is 24. The van der Waals surface area contributed by atoms with Crippen molar-refractivity contribution < 1.29 is 38.7 Å². The van der Waals surface area contributed by atoms with Gasteiger partial charge in [0, 0.05) is 19.6 Å². The summed E-state index contributed by atoms with van der Waals surface area (Å²) in [5.74, 6) is -2.17. The van der Waals surface area contributed by atoms with Gasteiger partial charge in [0.2, 0.25) is 0 Å². The molecule has 0 aromatic carbocycles. The molecular weight excluding hydrogens is 428 g/mol. The highest BCUT2D eigenvalue weighted by Crippen LogP contribution is 2.36. The third kappa shape index (κ3) is 13.9. The quantitative estimate of drug-likeness (QED) is 0.189. The smallest absolute Gasteiger partial charge is 0.314 e. The summed E-state index contributed by atoms with van der Waals surface area (Å²) in [6.45, 7) is 10.2. The van der Waals surface area contributed by atoms with Crippen LogP contribution in [0.5, 0.6) is 0 Å². The predicted molar refractivity (Wildman–Crippen MR) is 128 cm³/mol. The van der Waals surface area contributed by atoms with Gasteiger partial charge < -0.3 is 29.2 Å². The molecule has 0 radical (unpaired) electrons. The molecule has 2 atom stereocenters. The molecule has 33 heavy (non-hydrogen) atoms. The van der Waals surface area contributed by atoms with E-state index in [0.717, 1.165) is 25.7 Å². The summed E-state index contributed by atoms with van der Waals surface area (Å²) in [4.78, 5) is 23.6. The highest BCUT2D eigenvalue weighted by molar-refractivity contribution is 5.77. The van der Waals surface area contributed by atoms with Crippen LogP contribution in [0.15, 0.2) is 0 Å². The zero-order valence-electron chi connectivity index (χ0n) is 21.3. The Bertz CT molecular complexity index is 471. The lowest BCUT2D eigenvalue weighted by Crippen LogP contribution is -2.52. The second kappa shape index (κ2) is 20.2. The number of carboxylic acids is 2. The summed E-state index contributed by atoms with van der Waals surface area (Å²) in [6, 6.07) is 0. The van der Waals surface area contributed by atoms with E-state index in [1.54, 1.807) is 13.8 Å². The molecule has 8 nitrogen and oxygen atoms in total. The summed E-state index contributed by atoms with van der Waals surface area (Å²) in [7, 11) is 0. The van der Waals surface area contributed by atoms with Gasteiger partial charge in [-0.05, 0) is 33.1 Å². The van der Waals surface area contributed by atoms with Crippen molar-refractivity contribution in [3.05, 3.63) is 0 Å². The van der Waals surface area contributed by atoms with E-state index in [1.807, 2.05) is 0 Å². The Labute approximate surface area is 200 Å². The normalized spacial score (nSPS) is 15.2. The first-order valence-electron chi connectivity index (χ1n) is 12.7. The van der Waals surface area contributed by atoms with Crippen LogP contribution in [0, 0.1) is 5.41 Å². The summed E-state index contributed by atoms with van der Waals surface area (Å²) in [5, 5.41) is 19.3.